The Morgan fingerprint density at radius 2 is 1.85 bits per heavy atom. The van der Waals surface area contributed by atoms with Crippen molar-refractivity contribution in [2.75, 3.05) is 6.54 Å². The molecule has 2 aromatic carbocycles. The number of hydrogen-bond donors (Lipinski definition) is 2. The molecule has 0 bridgehead atoms. The van der Waals surface area contributed by atoms with Gasteiger partial charge in [-0.25, -0.2) is 0 Å². The van der Waals surface area contributed by atoms with E-state index >= 15 is 0 Å². The number of benzene rings is 2. The van der Waals surface area contributed by atoms with Crippen LogP contribution in [0.2, 0.25) is 0 Å². The van der Waals surface area contributed by atoms with E-state index in [1.165, 1.54) is 0 Å². The van der Waals surface area contributed by atoms with Gasteiger partial charge >= 0.3 is 0 Å². The van der Waals surface area contributed by atoms with Crippen molar-refractivity contribution in [3.8, 4) is 11.5 Å². The van der Waals surface area contributed by atoms with Crippen LogP contribution < -0.4 is 10.5 Å². The van der Waals surface area contributed by atoms with Crippen molar-refractivity contribution >= 4 is 12.4 Å². The molecule has 2 aromatic rings. The van der Waals surface area contributed by atoms with Gasteiger partial charge in [-0.2, -0.15) is 0 Å². The number of aromatic hydroxyl groups is 1. The first-order valence-corrected chi connectivity index (χ1v) is 6.42. The van der Waals surface area contributed by atoms with Gasteiger partial charge in [0.2, 0.25) is 0 Å². The average Bonchev–Trinajstić information content (AvgIpc) is 2.42. The number of nitrogens with two attached hydrogens (primary N) is 1. The van der Waals surface area contributed by atoms with Crippen molar-refractivity contribution in [2.45, 2.75) is 19.4 Å². The minimum absolute atomic E-state index is 0. The minimum atomic E-state index is -0.0607. The van der Waals surface area contributed by atoms with Crippen molar-refractivity contribution in [3.05, 3.63) is 59.7 Å². The lowest BCUT2D eigenvalue weighted by Crippen LogP contribution is -2.13. The molecule has 0 aliphatic rings. The standard InChI is InChI=1S/C16H19NO2.ClH/c1-12-11-14(18)7-8-15(12)19-16(9-10-17)13-5-3-2-4-6-13;/h2-8,11,16,18H,9-10,17H2,1H3;1H. The highest BCUT2D eigenvalue weighted by Crippen LogP contribution is 2.29. The molecular formula is C16H20ClNO2. The summed E-state index contributed by atoms with van der Waals surface area (Å²) in [5.41, 5.74) is 7.69. The van der Waals surface area contributed by atoms with Gasteiger partial charge in [0, 0.05) is 6.42 Å². The highest BCUT2D eigenvalue weighted by atomic mass is 35.5. The second-order valence-corrected chi connectivity index (χ2v) is 4.54. The van der Waals surface area contributed by atoms with Crippen LogP contribution in [0.25, 0.3) is 0 Å². The van der Waals surface area contributed by atoms with Crippen LogP contribution >= 0.6 is 12.4 Å². The van der Waals surface area contributed by atoms with E-state index in [0.717, 1.165) is 23.3 Å². The Kier molecular flexibility index (Phi) is 6.36. The molecule has 0 radical (unpaired) electrons. The van der Waals surface area contributed by atoms with E-state index in [1.54, 1.807) is 18.2 Å². The molecule has 3 nitrogen and oxygen atoms in total. The largest absolute Gasteiger partial charge is 0.508 e. The number of hydrogen-bond acceptors (Lipinski definition) is 3. The Balaban J connectivity index is 0.00000200. The van der Waals surface area contributed by atoms with E-state index in [4.69, 9.17) is 10.5 Å². The maximum atomic E-state index is 9.42. The summed E-state index contributed by atoms with van der Waals surface area (Å²) in [6.45, 7) is 2.48. The molecule has 0 aliphatic carbocycles. The van der Waals surface area contributed by atoms with E-state index in [9.17, 15) is 5.11 Å². The summed E-state index contributed by atoms with van der Waals surface area (Å²) in [6.07, 6.45) is 0.694. The van der Waals surface area contributed by atoms with Gasteiger partial charge in [0.1, 0.15) is 17.6 Å². The summed E-state index contributed by atoms with van der Waals surface area (Å²) in [7, 11) is 0. The van der Waals surface area contributed by atoms with Crippen LogP contribution in [0.4, 0.5) is 0 Å². The second kappa shape index (κ2) is 7.78. The summed E-state index contributed by atoms with van der Waals surface area (Å²) >= 11 is 0. The summed E-state index contributed by atoms with van der Waals surface area (Å²) in [6, 6.07) is 15.2. The van der Waals surface area contributed by atoms with Gasteiger partial charge in [-0.15, -0.1) is 12.4 Å². The third-order valence-electron chi connectivity index (χ3n) is 3.03. The molecule has 1 unspecified atom stereocenters. The zero-order chi connectivity index (χ0) is 13.7. The van der Waals surface area contributed by atoms with Crippen molar-refractivity contribution in [2.24, 2.45) is 5.73 Å². The molecular weight excluding hydrogens is 274 g/mol. The lowest BCUT2D eigenvalue weighted by Gasteiger charge is -2.20. The van der Waals surface area contributed by atoms with Gasteiger partial charge in [0.15, 0.2) is 0 Å². The van der Waals surface area contributed by atoms with Crippen LogP contribution in [0.5, 0.6) is 11.5 Å². The summed E-state index contributed by atoms with van der Waals surface area (Å²) < 4.78 is 6.04. The highest BCUT2D eigenvalue weighted by Gasteiger charge is 2.13. The van der Waals surface area contributed by atoms with Crippen molar-refractivity contribution in [1.29, 1.82) is 0 Å². The molecule has 0 amide bonds. The lowest BCUT2D eigenvalue weighted by atomic mass is 10.1. The first-order chi connectivity index (χ1) is 9.20. The molecule has 0 aromatic heterocycles. The zero-order valence-corrected chi connectivity index (χ0v) is 12.3. The van der Waals surface area contributed by atoms with E-state index in [1.807, 2.05) is 37.3 Å². The fourth-order valence-electron chi connectivity index (χ4n) is 2.03. The predicted octanol–water partition coefficient (Wildman–Crippen LogP) is 3.59. The number of ether oxygens (including phenoxy) is 1. The van der Waals surface area contributed by atoms with Gasteiger partial charge in [0.05, 0.1) is 0 Å². The third-order valence-corrected chi connectivity index (χ3v) is 3.03. The second-order valence-electron chi connectivity index (χ2n) is 4.54. The molecule has 108 valence electrons. The predicted molar refractivity (Wildman–Crippen MR) is 83.6 cm³/mol. The maximum absolute atomic E-state index is 9.42. The van der Waals surface area contributed by atoms with Crippen molar-refractivity contribution in [1.82, 2.24) is 0 Å². The molecule has 0 heterocycles. The van der Waals surface area contributed by atoms with Crippen LogP contribution in [-0.2, 0) is 0 Å². The Labute approximate surface area is 125 Å². The zero-order valence-electron chi connectivity index (χ0n) is 11.5. The topological polar surface area (TPSA) is 55.5 Å². The monoisotopic (exact) mass is 293 g/mol. The normalized spacial score (nSPS) is 11.5. The Bertz CT molecular complexity index is 531. The molecule has 0 saturated carbocycles. The Hall–Kier alpha value is -1.71. The van der Waals surface area contributed by atoms with Gasteiger partial charge in [0.25, 0.3) is 0 Å². The lowest BCUT2D eigenvalue weighted by molar-refractivity contribution is 0.196. The first kappa shape index (κ1) is 16.3. The molecule has 20 heavy (non-hydrogen) atoms. The molecule has 4 heteroatoms. The van der Waals surface area contributed by atoms with Gasteiger partial charge in [-0.3, -0.25) is 0 Å². The smallest absolute Gasteiger partial charge is 0.125 e. The molecule has 0 fully saturated rings. The van der Waals surface area contributed by atoms with Crippen molar-refractivity contribution in [3.63, 3.8) is 0 Å². The highest BCUT2D eigenvalue weighted by molar-refractivity contribution is 5.85. The van der Waals surface area contributed by atoms with E-state index in [0.29, 0.717) is 6.54 Å². The molecule has 0 aliphatic heterocycles. The maximum Gasteiger partial charge on any atom is 0.125 e. The SMILES string of the molecule is Cc1cc(O)ccc1OC(CCN)c1ccccc1.Cl. The third kappa shape index (κ3) is 4.15. The summed E-state index contributed by atoms with van der Waals surface area (Å²) in [5, 5.41) is 9.42. The van der Waals surface area contributed by atoms with Crippen molar-refractivity contribution < 1.29 is 9.84 Å². The first-order valence-electron chi connectivity index (χ1n) is 6.42. The quantitative estimate of drug-likeness (QED) is 0.886. The number of halogens is 1. The molecule has 1 atom stereocenters. The number of rotatable bonds is 5. The number of aryl methyl sites for hydroxylation is 1. The number of phenolic OH excluding ortho intramolecular Hbond substituents is 1. The average molecular weight is 294 g/mol. The van der Waals surface area contributed by atoms with Gasteiger partial charge < -0.3 is 15.6 Å². The van der Waals surface area contributed by atoms with Crippen LogP contribution in [0.15, 0.2) is 48.5 Å². The fourth-order valence-corrected chi connectivity index (χ4v) is 2.03. The number of phenols is 1. The van der Waals surface area contributed by atoms with E-state index in [2.05, 4.69) is 0 Å². The van der Waals surface area contributed by atoms with Gasteiger partial charge in [-0.05, 0) is 42.8 Å². The summed E-state index contributed by atoms with van der Waals surface area (Å²) in [4.78, 5) is 0. The molecule has 3 N–H and O–H groups in total. The Morgan fingerprint density at radius 3 is 2.45 bits per heavy atom. The van der Waals surface area contributed by atoms with E-state index in [-0.39, 0.29) is 24.3 Å². The minimum Gasteiger partial charge on any atom is -0.508 e. The Morgan fingerprint density at radius 1 is 1.15 bits per heavy atom. The fraction of sp³-hybridized carbons (Fsp3) is 0.250. The van der Waals surface area contributed by atoms with Crippen LogP contribution in [-0.4, -0.2) is 11.7 Å². The van der Waals surface area contributed by atoms with Crippen LogP contribution in [0.1, 0.15) is 23.7 Å². The molecule has 0 saturated heterocycles. The summed E-state index contributed by atoms with van der Waals surface area (Å²) in [5.74, 6) is 1.03. The van der Waals surface area contributed by atoms with Crippen LogP contribution in [0.3, 0.4) is 0 Å². The van der Waals surface area contributed by atoms with E-state index < -0.39 is 0 Å². The molecule has 0 spiro atoms. The van der Waals surface area contributed by atoms with Crippen LogP contribution in [0, 0.1) is 6.92 Å². The molecule has 2 rings (SSSR count). The van der Waals surface area contributed by atoms with Gasteiger partial charge in [-0.1, -0.05) is 30.3 Å².